The summed E-state index contributed by atoms with van der Waals surface area (Å²) < 4.78 is 35.1. The first-order chi connectivity index (χ1) is 16.1. The lowest BCUT2D eigenvalue weighted by Crippen LogP contribution is -2.42. The van der Waals surface area contributed by atoms with Crippen LogP contribution in [0.4, 0.5) is 5.69 Å². The molecule has 0 radical (unpaired) electrons. The van der Waals surface area contributed by atoms with Gasteiger partial charge in [-0.2, -0.15) is 4.31 Å². The standard InChI is InChI=1S/C23H28N4O5S2/c1-14-9-15(2)11-27(10-14)34(30,31)21-16(3)33-22-20(21)23(29)26(13-24-22)12-19(28)25-17-7-5-6-8-18(17)32-4/h5-8,13-15H,9-12H2,1-4H3,(H,25,28). The number of nitrogens with one attached hydrogen (secondary N) is 1. The molecule has 2 unspecified atom stereocenters. The van der Waals surface area contributed by atoms with Crippen LogP contribution in [0, 0.1) is 18.8 Å². The lowest BCUT2D eigenvalue weighted by Gasteiger charge is -2.34. The first-order valence-corrected chi connectivity index (χ1v) is 13.3. The van der Waals surface area contributed by atoms with Gasteiger partial charge in [0.1, 0.15) is 22.0 Å². The maximum Gasteiger partial charge on any atom is 0.263 e. The molecule has 182 valence electrons. The molecule has 1 saturated heterocycles. The zero-order valence-corrected chi connectivity index (χ0v) is 21.2. The van der Waals surface area contributed by atoms with Gasteiger partial charge < -0.3 is 10.1 Å². The first-order valence-electron chi connectivity index (χ1n) is 11.0. The summed E-state index contributed by atoms with van der Waals surface area (Å²) in [6.07, 6.45) is 2.24. The predicted molar refractivity (Wildman–Crippen MR) is 132 cm³/mol. The minimum absolute atomic E-state index is 0.00536. The second-order valence-electron chi connectivity index (χ2n) is 8.86. The van der Waals surface area contributed by atoms with Crippen molar-refractivity contribution in [2.24, 2.45) is 11.8 Å². The summed E-state index contributed by atoms with van der Waals surface area (Å²) in [6.45, 7) is 6.27. The molecule has 34 heavy (non-hydrogen) atoms. The Labute approximate surface area is 202 Å². The van der Waals surface area contributed by atoms with Gasteiger partial charge in [-0.3, -0.25) is 14.2 Å². The molecular weight excluding hydrogens is 476 g/mol. The van der Waals surface area contributed by atoms with Gasteiger partial charge in [0.15, 0.2) is 0 Å². The van der Waals surface area contributed by atoms with E-state index in [9.17, 15) is 18.0 Å². The summed E-state index contributed by atoms with van der Waals surface area (Å²) in [5, 5.41) is 2.76. The Balaban J connectivity index is 1.69. The van der Waals surface area contributed by atoms with Crippen LogP contribution in [-0.2, 0) is 21.4 Å². The highest BCUT2D eigenvalue weighted by atomic mass is 32.2. The van der Waals surface area contributed by atoms with Crippen LogP contribution in [0.25, 0.3) is 10.2 Å². The van der Waals surface area contributed by atoms with E-state index in [-0.39, 0.29) is 28.7 Å². The van der Waals surface area contributed by atoms with Gasteiger partial charge in [0.25, 0.3) is 5.56 Å². The highest BCUT2D eigenvalue weighted by Gasteiger charge is 2.35. The van der Waals surface area contributed by atoms with Crippen molar-refractivity contribution in [1.29, 1.82) is 0 Å². The van der Waals surface area contributed by atoms with Crippen molar-refractivity contribution < 1.29 is 17.9 Å². The number of methoxy groups -OCH3 is 1. The van der Waals surface area contributed by atoms with E-state index in [2.05, 4.69) is 10.3 Å². The third-order valence-electron chi connectivity index (χ3n) is 5.93. The number of amides is 1. The van der Waals surface area contributed by atoms with Gasteiger partial charge >= 0.3 is 0 Å². The number of benzene rings is 1. The predicted octanol–water partition coefficient (Wildman–Crippen LogP) is 3.08. The highest BCUT2D eigenvalue weighted by molar-refractivity contribution is 7.89. The van der Waals surface area contributed by atoms with Crippen molar-refractivity contribution in [3.8, 4) is 5.75 Å². The third-order valence-corrected chi connectivity index (χ3v) is 9.07. The molecule has 3 aromatic rings. The van der Waals surface area contributed by atoms with E-state index in [1.54, 1.807) is 31.2 Å². The van der Waals surface area contributed by atoms with Gasteiger partial charge in [-0.1, -0.05) is 26.0 Å². The van der Waals surface area contributed by atoms with Crippen molar-refractivity contribution >= 4 is 43.2 Å². The number of rotatable bonds is 6. The van der Waals surface area contributed by atoms with Crippen molar-refractivity contribution in [3.05, 3.63) is 45.8 Å². The lowest BCUT2D eigenvalue weighted by atomic mass is 9.94. The molecule has 1 aromatic carbocycles. The van der Waals surface area contributed by atoms with Gasteiger partial charge in [-0.25, -0.2) is 13.4 Å². The molecule has 1 amide bonds. The third kappa shape index (κ3) is 4.59. The van der Waals surface area contributed by atoms with Crippen molar-refractivity contribution in [2.45, 2.75) is 38.6 Å². The molecule has 1 aliphatic rings. The summed E-state index contributed by atoms with van der Waals surface area (Å²) in [5.41, 5.74) is -0.0822. The Kier molecular flexibility index (Phi) is 6.79. The summed E-state index contributed by atoms with van der Waals surface area (Å²) in [5.74, 6) is 0.501. The molecule has 0 aliphatic carbocycles. The molecule has 11 heteroatoms. The van der Waals surface area contributed by atoms with Gasteiger partial charge in [0.2, 0.25) is 15.9 Å². The number of piperidine rings is 1. The van der Waals surface area contributed by atoms with Crippen LogP contribution >= 0.6 is 11.3 Å². The maximum absolute atomic E-state index is 13.6. The highest BCUT2D eigenvalue weighted by Crippen LogP contribution is 2.35. The number of hydrogen-bond donors (Lipinski definition) is 1. The van der Waals surface area contributed by atoms with Gasteiger partial charge in [-0.15, -0.1) is 11.3 Å². The van der Waals surface area contributed by atoms with Gasteiger partial charge in [0, 0.05) is 18.0 Å². The lowest BCUT2D eigenvalue weighted by molar-refractivity contribution is -0.116. The van der Waals surface area contributed by atoms with E-state index in [0.717, 1.165) is 11.0 Å². The number of carbonyl (C=O) groups excluding carboxylic acids is 1. The van der Waals surface area contributed by atoms with Crippen LogP contribution in [0.3, 0.4) is 0 Å². The molecule has 2 aromatic heterocycles. The Hall–Kier alpha value is -2.76. The smallest absolute Gasteiger partial charge is 0.263 e. The molecule has 2 atom stereocenters. The number of anilines is 1. The number of carbonyl (C=O) groups is 1. The summed E-state index contributed by atoms with van der Waals surface area (Å²) in [4.78, 5) is 31.2. The van der Waals surface area contributed by atoms with Crippen LogP contribution < -0.4 is 15.6 Å². The number of nitrogens with zero attached hydrogens (tertiary/aromatic N) is 3. The molecule has 1 fully saturated rings. The fourth-order valence-electron chi connectivity index (χ4n) is 4.56. The second-order valence-corrected chi connectivity index (χ2v) is 11.9. The Morgan fingerprint density at radius 1 is 1.24 bits per heavy atom. The van der Waals surface area contributed by atoms with Crippen molar-refractivity contribution in [3.63, 3.8) is 0 Å². The zero-order valence-electron chi connectivity index (χ0n) is 19.6. The number of fused-ring (bicyclic) bond motifs is 1. The number of aromatic nitrogens is 2. The van der Waals surface area contributed by atoms with Gasteiger partial charge in [-0.05, 0) is 37.3 Å². The number of thiophene rings is 1. The fourth-order valence-corrected chi connectivity index (χ4v) is 7.91. The first kappa shape index (κ1) is 24.4. The minimum atomic E-state index is -3.89. The van der Waals surface area contributed by atoms with Crippen LogP contribution in [0.1, 0.15) is 25.1 Å². The number of ether oxygens (including phenoxy) is 1. The SMILES string of the molecule is COc1ccccc1NC(=O)Cn1cnc2sc(C)c(S(=O)(=O)N3CC(C)CC(C)C3)c2c1=O. The maximum atomic E-state index is 13.6. The number of aryl methyl sites for hydroxylation is 1. The van der Waals surface area contributed by atoms with Gasteiger partial charge in [0.05, 0.1) is 24.5 Å². The van der Waals surface area contributed by atoms with Crippen LogP contribution in [0.5, 0.6) is 5.75 Å². The van der Waals surface area contributed by atoms with E-state index >= 15 is 0 Å². The molecule has 0 spiro atoms. The molecule has 3 heterocycles. The molecule has 1 N–H and O–H groups in total. The number of hydrogen-bond acceptors (Lipinski definition) is 7. The molecule has 1 aliphatic heterocycles. The topological polar surface area (TPSA) is 111 Å². The van der Waals surface area contributed by atoms with Crippen molar-refractivity contribution in [1.82, 2.24) is 13.9 Å². The van der Waals surface area contributed by atoms with Crippen LogP contribution in [-0.4, -0.2) is 48.4 Å². The van der Waals surface area contributed by atoms with E-state index < -0.39 is 21.5 Å². The van der Waals surface area contributed by atoms with E-state index in [4.69, 9.17) is 4.74 Å². The number of para-hydroxylation sites is 2. The van der Waals surface area contributed by atoms with Crippen molar-refractivity contribution in [2.75, 3.05) is 25.5 Å². The fraction of sp³-hybridized carbons (Fsp3) is 0.435. The van der Waals surface area contributed by atoms with Crippen LogP contribution in [0.15, 0.2) is 40.3 Å². The largest absolute Gasteiger partial charge is 0.495 e. The summed E-state index contributed by atoms with van der Waals surface area (Å²) >= 11 is 1.17. The Morgan fingerprint density at radius 2 is 1.91 bits per heavy atom. The Bertz CT molecular complexity index is 1390. The molecule has 9 nitrogen and oxygen atoms in total. The monoisotopic (exact) mass is 504 g/mol. The molecule has 0 bridgehead atoms. The molecular formula is C23H28N4O5S2. The average molecular weight is 505 g/mol. The molecule has 4 rings (SSSR count). The van der Waals surface area contributed by atoms with E-state index in [0.29, 0.717) is 34.2 Å². The zero-order chi connectivity index (χ0) is 24.6. The average Bonchev–Trinajstić information content (AvgIpc) is 3.13. The quantitative estimate of drug-likeness (QED) is 0.552. The minimum Gasteiger partial charge on any atom is -0.495 e. The van der Waals surface area contributed by atoms with Crippen LogP contribution in [0.2, 0.25) is 0 Å². The summed E-state index contributed by atoms with van der Waals surface area (Å²) in [7, 11) is -2.40. The number of sulfonamides is 1. The summed E-state index contributed by atoms with van der Waals surface area (Å²) in [6, 6.07) is 6.94. The molecule has 0 saturated carbocycles. The normalized spacial score (nSPS) is 19.3. The van der Waals surface area contributed by atoms with E-state index in [1.165, 1.54) is 29.1 Å². The second kappa shape index (κ2) is 9.47. The van der Waals surface area contributed by atoms with E-state index in [1.807, 2.05) is 13.8 Å². The Morgan fingerprint density at radius 3 is 2.59 bits per heavy atom.